The zero-order valence-corrected chi connectivity index (χ0v) is 15.3. The molecular weight excluding hydrogens is 318 g/mol. The number of hydrogen-bond donors (Lipinski definition) is 2. The molecule has 1 unspecified atom stereocenters. The van der Waals surface area contributed by atoms with Crippen LogP contribution in [0.5, 0.6) is 0 Å². The number of ether oxygens (including phenoxy) is 1. The molecule has 0 aromatic heterocycles. The van der Waals surface area contributed by atoms with Gasteiger partial charge in [-0.15, -0.1) is 0 Å². The van der Waals surface area contributed by atoms with Crippen molar-refractivity contribution < 1.29 is 19.4 Å². The fraction of sp³-hybridized carbons (Fsp3) is 0.600. The first-order valence-corrected chi connectivity index (χ1v) is 8.96. The maximum Gasteiger partial charge on any atom is 0.320 e. The average molecular weight is 347 g/mol. The third-order valence-corrected chi connectivity index (χ3v) is 4.69. The Labute approximate surface area is 149 Å². The van der Waals surface area contributed by atoms with Crippen LogP contribution >= 0.6 is 0 Å². The number of carboxylic acid groups (broad SMARTS) is 1. The monoisotopic (exact) mass is 347 g/mol. The van der Waals surface area contributed by atoms with Crippen LogP contribution in [0.4, 0.5) is 0 Å². The second-order valence-electron chi connectivity index (χ2n) is 7.97. The van der Waals surface area contributed by atoms with E-state index in [9.17, 15) is 9.59 Å². The van der Waals surface area contributed by atoms with Crippen LogP contribution in [0.15, 0.2) is 24.3 Å². The van der Waals surface area contributed by atoms with Gasteiger partial charge in [-0.25, -0.2) is 0 Å². The van der Waals surface area contributed by atoms with Crippen molar-refractivity contribution >= 4 is 11.9 Å². The van der Waals surface area contributed by atoms with Crippen molar-refractivity contribution in [2.75, 3.05) is 0 Å². The quantitative estimate of drug-likeness (QED) is 0.798. The van der Waals surface area contributed by atoms with Crippen LogP contribution in [-0.4, -0.2) is 28.7 Å². The second-order valence-corrected chi connectivity index (χ2v) is 7.97. The molecule has 25 heavy (non-hydrogen) atoms. The lowest BCUT2D eigenvalue weighted by molar-refractivity contribution is -0.161. The van der Waals surface area contributed by atoms with Gasteiger partial charge in [0, 0.05) is 0 Å². The molecule has 1 atom stereocenters. The molecule has 1 aliphatic rings. The molecule has 3 N–H and O–H groups in total. The molecule has 1 aliphatic carbocycles. The van der Waals surface area contributed by atoms with Gasteiger partial charge in [-0.05, 0) is 69.9 Å². The molecule has 0 amide bonds. The number of benzene rings is 1. The second kappa shape index (κ2) is 8.00. The van der Waals surface area contributed by atoms with Crippen molar-refractivity contribution in [2.45, 2.75) is 70.4 Å². The summed E-state index contributed by atoms with van der Waals surface area (Å²) in [5.41, 5.74) is 7.32. The number of carbonyl (C=O) groups excluding carboxylic acids is 1. The van der Waals surface area contributed by atoms with E-state index in [1.54, 1.807) is 0 Å². The highest BCUT2D eigenvalue weighted by molar-refractivity contribution is 5.73. The maximum absolute atomic E-state index is 12.2. The van der Waals surface area contributed by atoms with E-state index in [1.165, 1.54) is 5.56 Å². The van der Waals surface area contributed by atoms with Gasteiger partial charge < -0.3 is 15.6 Å². The topological polar surface area (TPSA) is 89.6 Å². The Morgan fingerprint density at radius 1 is 1.16 bits per heavy atom. The molecule has 1 fully saturated rings. The molecule has 0 radical (unpaired) electrons. The standard InChI is InChI=1S/C20H29NO4/c1-20(2,3)25-19(24)16-10-8-15(9-11-16)14-6-4-13(5-7-14)12-17(21)18(22)23/h4-7,15-17H,8-12,21H2,1-3H3,(H,22,23). The van der Waals surface area contributed by atoms with Gasteiger partial charge in [0.1, 0.15) is 11.6 Å². The highest BCUT2D eigenvalue weighted by Gasteiger charge is 2.30. The number of hydrogen-bond acceptors (Lipinski definition) is 4. The van der Waals surface area contributed by atoms with Gasteiger partial charge in [-0.1, -0.05) is 24.3 Å². The van der Waals surface area contributed by atoms with E-state index in [0.717, 1.165) is 31.2 Å². The molecule has 0 heterocycles. The molecule has 0 spiro atoms. The largest absolute Gasteiger partial charge is 0.480 e. The van der Waals surface area contributed by atoms with E-state index in [4.69, 9.17) is 15.6 Å². The Hall–Kier alpha value is -1.88. The Morgan fingerprint density at radius 2 is 1.72 bits per heavy atom. The van der Waals surface area contributed by atoms with Crippen LogP contribution in [0.2, 0.25) is 0 Å². The molecule has 2 rings (SSSR count). The van der Waals surface area contributed by atoms with Crippen LogP contribution in [0.3, 0.4) is 0 Å². The molecule has 1 aromatic carbocycles. The predicted octanol–water partition coefficient (Wildman–Crippen LogP) is 3.26. The van der Waals surface area contributed by atoms with E-state index in [2.05, 4.69) is 12.1 Å². The smallest absolute Gasteiger partial charge is 0.320 e. The Bertz CT molecular complexity index is 595. The van der Waals surface area contributed by atoms with Gasteiger partial charge in [0.05, 0.1) is 5.92 Å². The van der Waals surface area contributed by atoms with Gasteiger partial charge in [0.25, 0.3) is 0 Å². The van der Waals surface area contributed by atoms with Crippen LogP contribution < -0.4 is 5.73 Å². The first kappa shape index (κ1) is 19.4. The highest BCUT2D eigenvalue weighted by Crippen LogP contribution is 2.36. The maximum atomic E-state index is 12.2. The van der Waals surface area contributed by atoms with Crippen LogP contribution in [-0.2, 0) is 20.7 Å². The summed E-state index contributed by atoms with van der Waals surface area (Å²) in [7, 11) is 0. The zero-order chi connectivity index (χ0) is 18.6. The summed E-state index contributed by atoms with van der Waals surface area (Å²) in [6.45, 7) is 5.69. The third-order valence-electron chi connectivity index (χ3n) is 4.69. The predicted molar refractivity (Wildman–Crippen MR) is 96.3 cm³/mol. The minimum atomic E-state index is -0.982. The lowest BCUT2D eigenvalue weighted by Crippen LogP contribution is -2.32. The number of carbonyl (C=O) groups is 2. The SMILES string of the molecule is CC(C)(C)OC(=O)C1CCC(c2ccc(CC(N)C(=O)O)cc2)CC1. The Kier molecular flexibility index (Phi) is 6.22. The number of aliphatic carboxylic acids is 1. The third kappa shape index (κ3) is 5.85. The van der Waals surface area contributed by atoms with E-state index in [-0.39, 0.29) is 11.9 Å². The molecule has 0 bridgehead atoms. The van der Waals surface area contributed by atoms with Crippen LogP contribution in [0.25, 0.3) is 0 Å². The average Bonchev–Trinajstić information content (AvgIpc) is 2.54. The van der Waals surface area contributed by atoms with Crippen molar-refractivity contribution in [2.24, 2.45) is 11.7 Å². The van der Waals surface area contributed by atoms with E-state index in [0.29, 0.717) is 12.3 Å². The van der Waals surface area contributed by atoms with Gasteiger partial charge in [-0.2, -0.15) is 0 Å². The minimum absolute atomic E-state index is 0.00307. The van der Waals surface area contributed by atoms with Crippen molar-refractivity contribution in [3.8, 4) is 0 Å². The van der Waals surface area contributed by atoms with Gasteiger partial charge in [0.15, 0.2) is 0 Å². The van der Waals surface area contributed by atoms with Gasteiger partial charge in [0.2, 0.25) is 0 Å². The minimum Gasteiger partial charge on any atom is -0.480 e. The molecule has 1 aromatic rings. The van der Waals surface area contributed by atoms with Crippen molar-refractivity contribution in [3.63, 3.8) is 0 Å². The van der Waals surface area contributed by atoms with Crippen LogP contribution in [0, 0.1) is 5.92 Å². The number of carboxylic acids is 1. The lowest BCUT2D eigenvalue weighted by Gasteiger charge is -2.30. The van der Waals surface area contributed by atoms with Gasteiger partial charge >= 0.3 is 11.9 Å². The number of nitrogens with two attached hydrogens (primary N) is 1. The number of rotatable bonds is 5. The summed E-state index contributed by atoms with van der Waals surface area (Å²) in [6, 6.07) is 7.16. The van der Waals surface area contributed by atoms with E-state index in [1.807, 2.05) is 32.9 Å². The summed E-state index contributed by atoms with van der Waals surface area (Å²) in [6.07, 6.45) is 3.98. The van der Waals surface area contributed by atoms with Gasteiger partial charge in [-0.3, -0.25) is 9.59 Å². The van der Waals surface area contributed by atoms with E-state index >= 15 is 0 Å². The van der Waals surface area contributed by atoms with Crippen molar-refractivity contribution in [1.29, 1.82) is 0 Å². The Morgan fingerprint density at radius 3 is 2.20 bits per heavy atom. The summed E-state index contributed by atoms with van der Waals surface area (Å²) < 4.78 is 5.49. The fourth-order valence-electron chi connectivity index (χ4n) is 3.31. The molecule has 5 nitrogen and oxygen atoms in total. The van der Waals surface area contributed by atoms with E-state index < -0.39 is 17.6 Å². The summed E-state index contributed by atoms with van der Waals surface area (Å²) in [5, 5.41) is 8.88. The highest BCUT2D eigenvalue weighted by atomic mass is 16.6. The lowest BCUT2D eigenvalue weighted by atomic mass is 9.78. The fourth-order valence-corrected chi connectivity index (χ4v) is 3.31. The number of esters is 1. The molecule has 0 saturated heterocycles. The zero-order valence-electron chi connectivity index (χ0n) is 15.3. The Balaban J connectivity index is 1.88. The molecule has 0 aliphatic heterocycles. The van der Waals surface area contributed by atoms with Crippen molar-refractivity contribution in [1.82, 2.24) is 0 Å². The molecule has 138 valence electrons. The molecule has 5 heteroatoms. The summed E-state index contributed by atoms with van der Waals surface area (Å²) in [4.78, 5) is 23.0. The molecule has 1 saturated carbocycles. The van der Waals surface area contributed by atoms with Crippen LogP contribution in [0.1, 0.15) is 63.5 Å². The normalized spacial score (nSPS) is 22.2. The first-order chi connectivity index (χ1) is 11.7. The molecular formula is C20H29NO4. The summed E-state index contributed by atoms with van der Waals surface area (Å²) >= 11 is 0. The summed E-state index contributed by atoms with van der Waals surface area (Å²) in [5.74, 6) is -0.613. The first-order valence-electron chi connectivity index (χ1n) is 8.96. The van der Waals surface area contributed by atoms with Crippen molar-refractivity contribution in [3.05, 3.63) is 35.4 Å².